The number of amides is 1. The Morgan fingerprint density at radius 3 is 2.38 bits per heavy atom. The lowest BCUT2D eigenvalue weighted by Crippen LogP contribution is -2.45. The highest BCUT2D eigenvalue weighted by molar-refractivity contribution is 5.84. The van der Waals surface area contributed by atoms with Crippen molar-refractivity contribution in [1.29, 1.82) is 0 Å². The van der Waals surface area contributed by atoms with Gasteiger partial charge in [-0.1, -0.05) is 30.3 Å². The van der Waals surface area contributed by atoms with Crippen LogP contribution in [0.3, 0.4) is 0 Å². The summed E-state index contributed by atoms with van der Waals surface area (Å²) in [7, 11) is 0. The molecule has 132 valence electrons. The number of nitrogens with zero attached hydrogens (tertiary/aromatic N) is 1. The molecule has 0 bridgehead atoms. The van der Waals surface area contributed by atoms with Crippen LogP contribution in [0.2, 0.25) is 0 Å². The molecule has 2 N–H and O–H groups in total. The minimum absolute atomic E-state index is 0.146. The first-order valence-corrected chi connectivity index (χ1v) is 9.05. The summed E-state index contributed by atoms with van der Waals surface area (Å²) in [6, 6.07) is 9.84. The molecule has 3 rings (SSSR count). The Hall–Kier alpha value is -1.43. The highest BCUT2D eigenvalue weighted by atomic mass is 16.5. The molecule has 24 heavy (non-hydrogen) atoms. The fourth-order valence-corrected chi connectivity index (χ4v) is 3.58. The molecule has 2 saturated heterocycles. The van der Waals surface area contributed by atoms with Crippen LogP contribution in [-0.4, -0.2) is 55.9 Å². The molecule has 2 aliphatic rings. The largest absolute Gasteiger partial charge is 0.381 e. The SMILES string of the molecule is NC[C@H](C(=O)N1CCC(OC2CCOCC2)CC1)c1ccccc1. The fraction of sp³-hybridized carbons (Fsp3) is 0.632. The Morgan fingerprint density at radius 1 is 1.12 bits per heavy atom. The van der Waals surface area contributed by atoms with E-state index in [0.29, 0.717) is 12.6 Å². The maximum absolute atomic E-state index is 12.8. The number of carbonyl (C=O) groups excluding carboxylic acids is 1. The van der Waals surface area contributed by atoms with E-state index in [1.807, 2.05) is 35.2 Å². The van der Waals surface area contributed by atoms with E-state index in [-0.39, 0.29) is 17.9 Å². The van der Waals surface area contributed by atoms with Crippen LogP contribution in [0.25, 0.3) is 0 Å². The van der Waals surface area contributed by atoms with Gasteiger partial charge in [0.1, 0.15) is 0 Å². The van der Waals surface area contributed by atoms with Crippen molar-refractivity contribution in [2.45, 2.75) is 43.8 Å². The van der Waals surface area contributed by atoms with Crippen LogP contribution in [-0.2, 0) is 14.3 Å². The number of hydrogen-bond acceptors (Lipinski definition) is 4. The van der Waals surface area contributed by atoms with Gasteiger partial charge in [0.15, 0.2) is 0 Å². The molecule has 1 amide bonds. The maximum Gasteiger partial charge on any atom is 0.231 e. The number of benzene rings is 1. The average Bonchev–Trinajstić information content (AvgIpc) is 2.65. The monoisotopic (exact) mass is 332 g/mol. The van der Waals surface area contributed by atoms with Gasteiger partial charge in [0, 0.05) is 32.8 Å². The zero-order valence-corrected chi connectivity index (χ0v) is 14.2. The van der Waals surface area contributed by atoms with Gasteiger partial charge in [-0.05, 0) is 31.2 Å². The Balaban J connectivity index is 1.51. The van der Waals surface area contributed by atoms with Crippen LogP contribution in [0.15, 0.2) is 30.3 Å². The van der Waals surface area contributed by atoms with Crippen molar-refractivity contribution in [3.63, 3.8) is 0 Å². The molecule has 5 heteroatoms. The van der Waals surface area contributed by atoms with E-state index in [2.05, 4.69) is 0 Å². The molecular weight excluding hydrogens is 304 g/mol. The molecule has 0 aliphatic carbocycles. The molecule has 0 aromatic heterocycles. The van der Waals surface area contributed by atoms with E-state index >= 15 is 0 Å². The van der Waals surface area contributed by atoms with Gasteiger partial charge in [0.05, 0.1) is 18.1 Å². The van der Waals surface area contributed by atoms with Gasteiger partial charge in [-0.25, -0.2) is 0 Å². The van der Waals surface area contributed by atoms with E-state index in [1.54, 1.807) is 0 Å². The highest BCUT2D eigenvalue weighted by Gasteiger charge is 2.30. The fourth-order valence-electron chi connectivity index (χ4n) is 3.58. The second kappa shape index (κ2) is 8.60. The minimum Gasteiger partial charge on any atom is -0.381 e. The van der Waals surface area contributed by atoms with Crippen molar-refractivity contribution in [3.8, 4) is 0 Å². The molecule has 0 unspecified atom stereocenters. The quantitative estimate of drug-likeness (QED) is 0.895. The third-order valence-corrected chi connectivity index (χ3v) is 5.04. The van der Waals surface area contributed by atoms with Crippen LogP contribution in [0, 0.1) is 0 Å². The lowest BCUT2D eigenvalue weighted by molar-refractivity contribution is -0.137. The summed E-state index contributed by atoms with van der Waals surface area (Å²) in [5.41, 5.74) is 6.88. The Labute approximate surface area is 144 Å². The number of likely N-dealkylation sites (tertiary alicyclic amines) is 1. The Morgan fingerprint density at radius 2 is 1.75 bits per heavy atom. The molecule has 2 heterocycles. The predicted octanol–water partition coefficient (Wildman–Crippen LogP) is 1.92. The third-order valence-electron chi connectivity index (χ3n) is 5.04. The average molecular weight is 332 g/mol. The molecular formula is C19H28N2O3. The summed E-state index contributed by atoms with van der Waals surface area (Å²) in [6.45, 7) is 3.47. The van der Waals surface area contributed by atoms with Gasteiger partial charge in [-0.3, -0.25) is 4.79 Å². The minimum atomic E-state index is -0.237. The van der Waals surface area contributed by atoms with Gasteiger partial charge >= 0.3 is 0 Å². The van der Waals surface area contributed by atoms with Gasteiger partial charge in [-0.15, -0.1) is 0 Å². The van der Waals surface area contributed by atoms with E-state index in [0.717, 1.165) is 57.6 Å². The number of ether oxygens (including phenoxy) is 2. The Bertz CT molecular complexity index is 509. The molecule has 2 fully saturated rings. The van der Waals surface area contributed by atoms with Crippen LogP contribution in [0.4, 0.5) is 0 Å². The number of piperidine rings is 1. The first kappa shape index (κ1) is 17.4. The Kier molecular flexibility index (Phi) is 6.24. The predicted molar refractivity (Wildman–Crippen MR) is 92.8 cm³/mol. The molecule has 5 nitrogen and oxygen atoms in total. The third kappa shape index (κ3) is 4.35. The molecule has 2 aliphatic heterocycles. The standard InChI is InChI=1S/C19H28N2O3/c20-14-18(15-4-2-1-3-5-15)19(22)21-10-6-16(7-11-21)24-17-8-12-23-13-9-17/h1-5,16-18H,6-14,20H2/t18-/m0/s1. The molecule has 0 spiro atoms. The normalized spacial score (nSPS) is 21.6. The summed E-state index contributed by atoms with van der Waals surface area (Å²) in [6.07, 6.45) is 4.40. The lowest BCUT2D eigenvalue weighted by atomic mass is 9.96. The first-order chi connectivity index (χ1) is 11.8. The van der Waals surface area contributed by atoms with E-state index in [9.17, 15) is 4.79 Å². The van der Waals surface area contributed by atoms with Crippen molar-refractivity contribution < 1.29 is 14.3 Å². The zero-order chi connectivity index (χ0) is 16.8. The summed E-state index contributed by atoms with van der Waals surface area (Å²) in [4.78, 5) is 14.8. The summed E-state index contributed by atoms with van der Waals surface area (Å²) in [5.74, 6) is -0.0904. The molecule has 1 aromatic rings. The number of rotatable bonds is 5. The van der Waals surface area contributed by atoms with Gasteiger partial charge in [-0.2, -0.15) is 0 Å². The van der Waals surface area contributed by atoms with Crippen molar-refractivity contribution in [1.82, 2.24) is 4.90 Å². The van der Waals surface area contributed by atoms with Gasteiger partial charge in [0.25, 0.3) is 0 Å². The number of hydrogen-bond donors (Lipinski definition) is 1. The van der Waals surface area contributed by atoms with Crippen molar-refractivity contribution >= 4 is 5.91 Å². The number of nitrogens with two attached hydrogens (primary N) is 1. The summed E-state index contributed by atoms with van der Waals surface area (Å²) >= 11 is 0. The van der Waals surface area contributed by atoms with E-state index < -0.39 is 0 Å². The van der Waals surface area contributed by atoms with E-state index in [1.165, 1.54) is 0 Å². The van der Waals surface area contributed by atoms with E-state index in [4.69, 9.17) is 15.2 Å². The topological polar surface area (TPSA) is 64.8 Å². The summed E-state index contributed by atoms with van der Waals surface area (Å²) in [5, 5.41) is 0. The number of carbonyl (C=O) groups is 1. The maximum atomic E-state index is 12.8. The van der Waals surface area contributed by atoms with Crippen LogP contribution >= 0.6 is 0 Å². The molecule has 0 radical (unpaired) electrons. The van der Waals surface area contributed by atoms with Crippen molar-refractivity contribution in [2.75, 3.05) is 32.8 Å². The van der Waals surface area contributed by atoms with Gasteiger partial charge < -0.3 is 20.1 Å². The first-order valence-electron chi connectivity index (χ1n) is 9.05. The second-order valence-electron chi connectivity index (χ2n) is 6.67. The van der Waals surface area contributed by atoms with Crippen molar-refractivity contribution in [2.24, 2.45) is 5.73 Å². The van der Waals surface area contributed by atoms with Crippen LogP contribution < -0.4 is 5.73 Å². The van der Waals surface area contributed by atoms with Gasteiger partial charge in [0.2, 0.25) is 5.91 Å². The lowest BCUT2D eigenvalue weighted by Gasteiger charge is -2.36. The summed E-state index contributed by atoms with van der Waals surface area (Å²) < 4.78 is 11.6. The second-order valence-corrected chi connectivity index (χ2v) is 6.67. The van der Waals surface area contributed by atoms with Crippen LogP contribution in [0.1, 0.15) is 37.2 Å². The zero-order valence-electron chi connectivity index (χ0n) is 14.2. The molecule has 1 aromatic carbocycles. The molecule has 0 saturated carbocycles. The van der Waals surface area contributed by atoms with Crippen molar-refractivity contribution in [3.05, 3.63) is 35.9 Å². The highest BCUT2D eigenvalue weighted by Crippen LogP contribution is 2.23. The smallest absolute Gasteiger partial charge is 0.231 e. The molecule has 1 atom stereocenters. The van der Waals surface area contributed by atoms with Crippen LogP contribution in [0.5, 0.6) is 0 Å².